The van der Waals surface area contributed by atoms with E-state index < -0.39 is 0 Å². The van der Waals surface area contributed by atoms with Crippen LogP contribution in [0, 0.1) is 27.7 Å². The molecule has 1 N–H and O–H groups in total. The van der Waals surface area contributed by atoms with Gasteiger partial charge in [-0.25, -0.2) is 5.48 Å². The Labute approximate surface area is 139 Å². The molecule has 2 aromatic carbocycles. The number of hydroxylamine groups is 1. The molecule has 4 heteroatoms. The highest BCUT2D eigenvalue weighted by Crippen LogP contribution is 2.30. The lowest BCUT2D eigenvalue weighted by molar-refractivity contribution is 0.0229. The van der Waals surface area contributed by atoms with Crippen LogP contribution >= 0.6 is 15.9 Å². The summed E-state index contributed by atoms with van der Waals surface area (Å²) in [5, 5.41) is 0. The smallest absolute Gasteiger partial charge is 0.269 e. The summed E-state index contributed by atoms with van der Waals surface area (Å²) < 4.78 is 1.14. The van der Waals surface area contributed by atoms with Crippen molar-refractivity contribution in [2.45, 2.75) is 34.3 Å². The minimum Gasteiger partial charge on any atom is -0.269 e. The normalized spacial score (nSPS) is 10.6. The van der Waals surface area contributed by atoms with Crippen molar-refractivity contribution in [2.24, 2.45) is 0 Å². The minimum atomic E-state index is -0.235. The molecule has 0 saturated heterocycles. The van der Waals surface area contributed by atoms with E-state index in [0.717, 1.165) is 10.0 Å². The Hall–Kier alpha value is -1.65. The van der Waals surface area contributed by atoms with Crippen molar-refractivity contribution in [1.82, 2.24) is 5.48 Å². The number of rotatable bonds is 4. The molecule has 1 amide bonds. The molecule has 116 valence electrons. The molecular weight excluding hydrogens is 342 g/mol. The van der Waals surface area contributed by atoms with Crippen LogP contribution in [0.5, 0.6) is 0 Å². The molecular formula is C18H20BrNO2. The zero-order valence-corrected chi connectivity index (χ0v) is 14.9. The first-order chi connectivity index (χ1) is 10.4. The number of benzene rings is 2. The SMILES string of the molecule is Cc1c(C)c(CONC(=O)c2ccccc2)c(C)c(C)c1Br. The number of hydrogen-bond acceptors (Lipinski definition) is 2. The average Bonchev–Trinajstić information content (AvgIpc) is 2.55. The lowest BCUT2D eigenvalue weighted by Gasteiger charge is -2.17. The van der Waals surface area contributed by atoms with Crippen LogP contribution in [0.2, 0.25) is 0 Å². The van der Waals surface area contributed by atoms with Gasteiger partial charge in [-0.1, -0.05) is 34.1 Å². The van der Waals surface area contributed by atoms with Crippen LogP contribution < -0.4 is 5.48 Å². The van der Waals surface area contributed by atoms with E-state index in [4.69, 9.17) is 4.84 Å². The van der Waals surface area contributed by atoms with Gasteiger partial charge in [0.25, 0.3) is 5.91 Å². The first kappa shape index (κ1) is 16.7. The Balaban J connectivity index is 2.08. The summed E-state index contributed by atoms with van der Waals surface area (Å²) in [6, 6.07) is 9.03. The van der Waals surface area contributed by atoms with Crippen LogP contribution in [0.15, 0.2) is 34.8 Å². The van der Waals surface area contributed by atoms with Gasteiger partial charge in [-0.3, -0.25) is 9.63 Å². The maximum absolute atomic E-state index is 11.9. The predicted octanol–water partition coefficient (Wildman–Crippen LogP) is 4.54. The van der Waals surface area contributed by atoms with E-state index in [9.17, 15) is 4.79 Å². The predicted molar refractivity (Wildman–Crippen MR) is 91.8 cm³/mol. The van der Waals surface area contributed by atoms with Gasteiger partial charge in [-0.15, -0.1) is 0 Å². The molecule has 0 spiro atoms. The molecule has 22 heavy (non-hydrogen) atoms. The van der Waals surface area contributed by atoms with E-state index in [0.29, 0.717) is 12.2 Å². The molecule has 0 aliphatic heterocycles. The molecule has 0 aromatic heterocycles. The molecule has 3 nitrogen and oxygen atoms in total. The van der Waals surface area contributed by atoms with E-state index in [1.165, 1.54) is 22.3 Å². The van der Waals surface area contributed by atoms with Gasteiger partial charge >= 0.3 is 0 Å². The van der Waals surface area contributed by atoms with Gasteiger partial charge in [0.05, 0.1) is 0 Å². The summed E-state index contributed by atoms with van der Waals surface area (Å²) in [6.45, 7) is 8.66. The Morgan fingerprint density at radius 1 is 1.00 bits per heavy atom. The van der Waals surface area contributed by atoms with Crippen molar-refractivity contribution < 1.29 is 9.63 Å². The third-order valence-electron chi connectivity index (χ3n) is 4.11. The molecule has 0 aliphatic carbocycles. The van der Waals surface area contributed by atoms with Crippen LogP contribution in [-0.4, -0.2) is 5.91 Å². The fraction of sp³-hybridized carbons (Fsp3) is 0.278. The number of carbonyl (C=O) groups excluding carboxylic acids is 1. The van der Waals surface area contributed by atoms with E-state index in [-0.39, 0.29) is 5.91 Å². The van der Waals surface area contributed by atoms with E-state index in [1.807, 2.05) is 18.2 Å². The Kier molecular flexibility index (Phi) is 5.37. The standard InChI is InChI=1S/C18H20BrNO2/c1-11-13(3)17(19)14(4)12(2)16(11)10-22-20-18(21)15-8-6-5-7-9-15/h5-9H,10H2,1-4H3,(H,20,21). The summed E-state index contributed by atoms with van der Waals surface area (Å²) >= 11 is 3.63. The van der Waals surface area contributed by atoms with E-state index in [1.54, 1.807) is 12.1 Å². The highest BCUT2D eigenvalue weighted by atomic mass is 79.9. The van der Waals surface area contributed by atoms with Crippen molar-refractivity contribution in [3.05, 3.63) is 68.2 Å². The first-order valence-electron chi connectivity index (χ1n) is 7.15. The quantitative estimate of drug-likeness (QED) is 0.811. The average molecular weight is 362 g/mol. The second kappa shape index (κ2) is 7.07. The van der Waals surface area contributed by atoms with Gasteiger partial charge < -0.3 is 0 Å². The first-order valence-corrected chi connectivity index (χ1v) is 7.94. The number of halogens is 1. The summed E-state index contributed by atoms with van der Waals surface area (Å²) in [6.07, 6.45) is 0. The molecule has 0 aliphatic rings. The van der Waals surface area contributed by atoms with Gasteiger partial charge in [0.2, 0.25) is 0 Å². The number of amides is 1. The van der Waals surface area contributed by atoms with Gasteiger partial charge in [0.1, 0.15) is 6.61 Å². The molecule has 2 rings (SSSR count). The topological polar surface area (TPSA) is 38.3 Å². The van der Waals surface area contributed by atoms with Crippen molar-refractivity contribution in [3.8, 4) is 0 Å². The Bertz CT molecular complexity index is 667. The minimum absolute atomic E-state index is 0.235. The molecule has 0 unspecified atom stereocenters. The summed E-state index contributed by atoms with van der Waals surface area (Å²) in [5.41, 5.74) is 8.98. The van der Waals surface area contributed by atoms with Crippen molar-refractivity contribution >= 4 is 21.8 Å². The van der Waals surface area contributed by atoms with Crippen molar-refractivity contribution in [2.75, 3.05) is 0 Å². The van der Waals surface area contributed by atoms with E-state index >= 15 is 0 Å². The lowest BCUT2D eigenvalue weighted by atomic mass is 9.95. The monoisotopic (exact) mass is 361 g/mol. The molecule has 0 heterocycles. The van der Waals surface area contributed by atoms with Crippen LogP contribution in [0.25, 0.3) is 0 Å². The maximum atomic E-state index is 11.9. The number of carbonyl (C=O) groups is 1. The molecule has 0 bridgehead atoms. The van der Waals surface area contributed by atoms with Crippen molar-refractivity contribution in [3.63, 3.8) is 0 Å². The van der Waals surface area contributed by atoms with Gasteiger partial charge in [-0.05, 0) is 67.6 Å². The summed E-state index contributed by atoms with van der Waals surface area (Å²) in [5.74, 6) is -0.235. The third kappa shape index (κ3) is 3.39. The van der Waals surface area contributed by atoms with Gasteiger partial charge in [-0.2, -0.15) is 0 Å². The second-order valence-corrected chi connectivity index (χ2v) is 6.17. The van der Waals surface area contributed by atoms with Crippen LogP contribution in [0.3, 0.4) is 0 Å². The molecule has 2 aromatic rings. The lowest BCUT2D eigenvalue weighted by Crippen LogP contribution is -2.24. The summed E-state index contributed by atoms with van der Waals surface area (Å²) in [4.78, 5) is 17.4. The maximum Gasteiger partial charge on any atom is 0.274 e. The van der Waals surface area contributed by atoms with Crippen LogP contribution in [0.1, 0.15) is 38.2 Å². The zero-order chi connectivity index (χ0) is 16.3. The van der Waals surface area contributed by atoms with Crippen LogP contribution in [0.4, 0.5) is 0 Å². The number of nitrogens with one attached hydrogen (secondary N) is 1. The largest absolute Gasteiger partial charge is 0.274 e. The third-order valence-corrected chi connectivity index (χ3v) is 5.30. The van der Waals surface area contributed by atoms with Gasteiger partial charge in [0.15, 0.2) is 0 Å². The highest BCUT2D eigenvalue weighted by molar-refractivity contribution is 9.10. The number of hydrogen-bond donors (Lipinski definition) is 1. The summed E-state index contributed by atoms with van der Waals surface area (Å²) in [7, 11) is 0. The fourth-order valence-corrected chi connectivity index (χ4v) is 2.98. The zero-order valence-electron chi connectivity index (χ0n) is 13.3. The van der Waals surface area contributed by atoms with Gasteiger partial charge in [0, 0.05) is 10.0 Å². The van der Waals surface area contributed by atoms with E-state index in [2.05, 4.69) is 49.1 Å². The van der Waals surface area contributed by atoms with Crippen LogP contribution in [-0.2, 0) is 11.4 Å². The molecule has 0 saturated carbocycles. The fourth-order valence-electron chi connectivity index (χ4n) is 2.38. The molecule has 0 atom stereocenters. The van der Waals surface area contributed by atoms with Crippen molar-refractivity contribution in [1.29, 1.82) is 0 Å². The highest BCUT2D eigenvalue weighted by Gasteiger charge is 2.14. The molecule has 0 radical (unpaired) electrons. The molecule has 0 fully saturated rings. The second-order valence-electron chi connectivity index (χ2n) is 5.38. The Morgan fingerprint density at radius 2 is 1.55 bits per heavy atom. The Morgan fingerprint density at radius 3 is 2.09 bits per heavy atom.